The molecule has 0 bridgehead atoms. The molecule has 2 aromatic rings. The second-order valence-electron chi connectivity index (χ2n) is 5.61. The summed E-state index contributed by atoms with van der Waals surface area (Å²) in [5, 5.41) is 23.4. The molecule has 6 nitrogen and oxygen atoms in total. The number of nitrogens with one attached hydrogen (secondary N) is 3. The lowest BCUT2D eigenvalue weighted by molar-refractivity contribution is 0.174. The fourth-order valence-corrected chi connectivity index (χ4v) is 4.84. The average molecular weight is 394 g/mol. The topological polar surface area (TPSA) is 93.8 Å². The van der Waals surface area contributed by atoms with Crippen LogP contribution in [0.25, 0.3) is 10.4 Å². The monoisotopic (exact) mass is 393 g/mol. The van der Waals surface area contributed by atoms with E-state index in [1.54, 1.807) is 19.3 Å². The Hall–Kier alpha value is -1.79. The zero-order valence-corrected chi connectivity index (χ0v) is 15.8. The second-order valence-corrected chi connectivity index (χ2v) is 7.70. The Morgan fingerprint density at radius 1 is 1.56 bits per heavy atom. The molecule has 0 saturated carbocycles. The van der Waals surface area contributed by atoms with Gasteiger partial charge >= 0.3 is 0 Å². The largest absolute Gasteiger partial charge is 0.377 e. The van der Waals surface area contributed by atoms with Crippen LogP contribution in [0.5, 0.6) is 0 Å². The van der Waals surface area contributed by atoms with Gasteiger partial charge < -0.3 is 15.4 Å². The quantitative estimate of drug-likeness (QED) is 0.365. The van der Waals surface area contributed by atoms with E-state index in [1.165, 1.54) is 17.5 Å². The molecular formula is C16H16ClN5OS2. The van der Waals surface area contributed by atoms with Gasteiger partial charge in [0.2, 0.25) is 0 Å². The molecule has 0 aromatic carbocycles. The summed E-state index contributed by atoms with van der Waals surface area (Å²) in [7, 11) is 1.67. The number of thiol groups is 1. The van der Waals surface area contributed by atoms with Crippen molar-refractivity contribution in [3.63, 3.8) is 0 Å². The summed E-state index contributed by atoms with van der Waals surface area (Å²) in [6.45, 7) is 0.823. The third kappa shape index (κ3) is 3.33. The van der Waals surface area contributed by atoms with Crippen molar-refractivity contribution in [2.75, 3.05) is 20.3 Å². The molecule has 0 spiro atoms. The van der Waals surface area contributed by atoms with Crippen molar-refractivity contribution >= 4 is 41.5 Å². The number of rotatable bonds is 3. The van der Waals surface area contributed by atoms with E-state index in [0.717, 1.165) is 15.3 Å². The number of ether oxygens (including phenoxy) is 1. The zero-order chi connectivity index (χ0) is 18.0. The summed E-state index contributed by atoms with van der Waals surface area (Å²) < 4.78 is 5.61. The first kappa shape index (κ1) is 18.0. The van der Waals surface area contributed by atoms with Crippen molar-refractivity contribution in [3.8, 4) is 16.5 Å². The fourth-order valence-electron chi connectivity index (χ4n) is 2.70. The third-order valence-corrected chi connectivity index (χ3v) is 6.38. The summed E-state index contributed by atoms with van der Waals surface area (Å²) in [4.78, 5) is 5.85. The summed E-state index contributed by atoms with van der Waals surface area (Å²) in [6, 6.07) is 5.72. The number of pyridine rings is 1. The molecule has 2 unspecified atom stereocenters. The van der Waals surface area contributed by atoms with Gasteiger partial charge in [-0.2, -0.15) is 17.9 Å². The van der Waals surface area contributed by atoms with E-state index in [9.17, 15) is 0 Å². The van der Waals surface area contributed by atoms with Crippen molar-refractivity contribution in [1.29, 1.82) is 10.7 Å². The molecule has 3 N–H and O–H groups in total. The smallest absolute Gasteiger partial charge is 0.188 e. The maximum Gasteiger partial charge on any atom is 0.188 e. The molecule has 1 aliphatic heterocycles. The lowest BCUT2D eigenvalue weighted by atomic mass is 9.96. The minimum absolute atomic E-state index is 0.159. The van der Waals surface area contributed by atoms with E-state index in [1.807, 2.05) is 6.07 Å². The van der Waals surface area contributed by atoms with Gasteiger partial charge in [0.05, 0.1) is 33.9 Å². The van der Waals surface area contributed by atoms with Gasteiger partial charge in [0.15, 0.2) is 5.96 Å². The Bertz CT molecular complexity index is 849. The molecule has 130 valence electrons. The van der Waals surface area contributed by atoms with Crippen LogP contribution in [0.15, 0.2) is 24.5 Å². The number of halogens is 1. The van der Waals surface area contributed by atoms with Gasteiger partial charge in [-0.3, -0.25) is 10.4 Å². The number of guanidine groups is 1. The number of aromatic nitrogens is 1. The summed E-state index contributed by atoms with van der Waals surface area (Å²) >= 11 is 12.7. The van der Waals surface area contributed by atoms with Crippen LogP contribution in [0.3, 0.4) is 0 Å². The first-order valence-electron chi connectivity index (χ1n) is 7.46. The third-order valence-electron chi connectivity index (χ3n) is 4.02. The maximum atomic E-state index is 9.06. The summed E-state index contributed by atoms with van der Waals surface area (Å²) in [5.41, 5.74) is 0.624. The predicted molar refractivity (Wildman–Crippen MR) is 102 cm³/mol. The highest BCUT2D eigenvalue weighted by Crippen LogP contribution is 2.45. The number of nitriles is 1. The first-order valence-corrected chi connectivity index (χ1v) is 9.17. The number of nitrogens with zero attached hydrogens (tertiary/aromatic N) is 2. The Kier molecular flexibility index (Phi) is 5.20. The van der Waals surface area contributed by atoms with Crippen molar-refractivity contribution < 1.29 is 4.74 Å². The predicted octanol–water partition coefficient (Wildman–Crippen LogP) is 2.60. The zero-order valence-electron chi connectivity index (χ0n) is 13.3. The average Bonchev–Trinajstić information content (AvgIpc) is 3.18. The molecule has 3 heterocycles. The van der Waals surface area contributed by atoms with E-state index in [4.69, 9.17) is 27.0 Å². The van der Waals surface area contributed by atoms with Crippen LogP contribution < -0.4 is 10.6 Å². The van der Waals surface area contributed by atoms with E-state index >= 15 is 0 Å². The Morgan fingerprint density at radius 3 is 3.00 bits per heavy atom. The van der Waals surface area contributed by atoms with Crippen LogP contribution in [0.1, 0.15) is 10.4 Å². The van der Waals surface area contributed by atoms with Gasteiger partial charge in [-0.1, -0.05) is 11.6 Å². The highest BCUT2D eigenvalue weighted by atomic mass is 35.5. The second kappa shape index (κ2) is 7.22. The molecule has 0 radical (unpaired) electrons. The molecular weight excluding hydrogens is 378 g/mol. The van der Waals surface area contributed by atoms with Crippen LogP contribution in [0, 0.1) is 16.7 Å². The van der Waals surface area contributed by atoms with E-state index < -0.39 is 5.54 Å². The van der Waals surface area contributed by atoms with Crippen molar-refractivity contribution in [1.82, 2.24) is 15.6 Å². The molecule has 1 fully saturated rings. The fraction of sp³-hybridized carbons (Fsp3) is 0.312. The first-order chi connectivity index (χ1) is 12.0. The van der Waals surface area contributed by atoms with Crippen LogP contribution in [-0.4, -0.2) is 36.5 Å². The standard InChI is InChI=1S/C16H16ClN5OS2/c1-20-15(19)22-16(8-23-7-13(16)24)14-11(17)3-12(25-14)10-2-9(4-18)5-21-6-10/h2-3,5-6,13,24H,7-8H2,1H3,(H3,19,20,22). The van der Waals surface area contributed by atoms with Crippen molar-refractivity contribution in [3.05, 3.63) is 40.0 Å². The van der Waals surface area contributed by atoms with Crippen molar-refractivity contribution in [2.45, 2.75) is 10.8 Å². The molecule has 1 aliphatic rings. The number of thiophene rings is 1. The molecule has 2 atom stereocenters. The van der Waals surface area contributed by atoms with E-state index in [0.29, 0.717) is 23.8 Å². The van der Waals surface area contributed by atoms with Crippen LogP contribution in [-0.2, 0) is 10.3 Å². The van der Waals surface area contributed by atoms with Crippen LogP contribution in [0.4, 0.5) is 0 Å². The van der Waals surface area contributed by atoms with Crippen LogP contribution >= 0.6 is 35.6 Å². The number of hydrogen-bond donors (Lipinski definition) is 4. The minimum Gasteiger partial charge on any atom is -0.377 e. The van der Waals surface area contributed by atoms with E-state index in [-0.39, 0.29) is 11.2 Å². The van der Waals surface area contributed by atoms with Gasteiger partial charge in [-0.05, 0) is 12.1 Å². The Morgan fingerprint density at radius 2 is 2.36 bits per heavy atom. The molecule has 0 aliphatic carbocycles. The molecule has 0 amide bonds. The molecule has 9 heteroatoms. The van der Waals surface area contributed by atoms with Gasteiger partial charge in [-0.25, -0.2) is 0 Å². The lowest BCUT2D eigenvalue weighted by Crippen LogP contribution is -2.54. The summed E-state index contributed by atoms with van der Waals surface area (Å²) in [6.07, 6.45) is 3.22. The number of hydrogen-bond acceptors (Lipinski definition) is 6. The highest BCUT2D eigenvalue weighted by molar-refractivity contribution is 7.81. The molecule has 1 saturated heterocycles. The Balaban J connectivity index is 2.05. The van der Waals surface area contributed by atoms with Crippen LogP contribution in [0.2, 0.25) is 5.02 Å². The normalized spacial score (nSPS) is 22.4. The van der Waals surface area contributed by atoms with Gasteiger partial charge in [0, 0.05) is 29.9 Å². The van der Waals surface area contributed by atoms with Gasteiger partial charge in [0.25, 0.3) is 0 Å². The highest BCUT2D eigenvalue weighted by Gasteiger charge is 2.47. The lowest BCUT2D eigenvalue weighted by Gasteiger charge is -2.33. The Labute approximate surface area is 160 Å². The van der Waals surface area contributed by atoms with Gasteiger partial charge in [-0.15, -0.1) is 11.3 Å². The minimum atomic E-state index is -0.691. The SMILES string of the molecule is CNC(=N)NC1(c2sc(-c3cncc(C#N)c3)cc2Cl)COCC1S. The van der Waals surface area contributed by atoms with E-state index in [2.05, 4.69) is 34.3 Å². The molecule has 3 rings (SSSR count). The molecule has 2 aromatic heterocycles. The molecule has 25 heavy (non-hydrogen) atoms. The maximum absolute atomic E-state index is 9.06. The van der Waals surface area contributed by atoms with Gasteiger partial charge in [0.1, 0.15) is 11.6 Å². The van der Waals surface area contributed by atoms with Crippen molar-refractivity contribution in [2.24, 2.45) is 0 Å². The summed E-state index contributed by atoms with van der Waals surface area (Å²) in [5.74, 6) is 0.170.